The molecule has 0 unspecified atom stereocenters. The number of halogens is 1. The summed E-state index contributed by atoms with van der Waals surface area (Å²) in [5.41, 5.74) is 1.25. The summed E-state index contributed by atoms with van der Waals surface area (Å²) in [7, 11) is 0. The van der Waals surface area contributed by atoms with Gasteiger partial charge in [-0.05, 0) is 55.7 Å². The summed E-state index contributed by atoms with van der Waals surface area (Å²) in [5.74, 6) is -1.17. The van der Waals surface area contributed by atoms with Gasteiger partial charge in [0.05, 0.1) is 5.92 Å². The lowest BCUT2D eigenvalue weighted by Gasteiger charge is -2.30. The zero-order valence-corrected chi connectivity index (χ0v) is 17.6. The molecule has 7 nitrogen and oxygen atoms in total. The highest BCUT2D eigenvalue weighted by molar-refractivity contribution is 6.00. The molecule has 0 aromatic heterocycles. The largest absolute Gasteiger partial charge is 0.446 e. The lowest BCUT2D eigenvalue weighted by atomic mass is 9.92. The summed E-state index contributed by atoms with van der Waals surface area (Å²) in [5, 5.41) is 5.73. The minimum absolute atomic E-state index is 0.110. The van der Waals surface area contributed by atoms with E-state index in [2.05, 4.69) is 10.6 Å². The number of hydrogen-bond donors (Lipinski definition) is 2. The van der Waals surface area contributed by atoms with E-state index in [1.807, 2.05) is 18.2 Å². The quantitative estimate of drug-likeness (QED) is 0.741. The number of carbonyl (C=O) groups is 3. The van der Waals surface area contributed by atoms with Crippen LogP contribution >= 0.6 is 0 Å². The Labute approximate surface area is 185 Å². The van der Waals surface area contributed by atoms with Gasteiger partial charge in [-0.2, -0.15) is 0 Å². The molecule has 1 aliphatic carbocycles. The van der Waals surface area contributed by atoms with Crippen molar-refractivity contribution in [2.45, 2.75) is 44.2 Å². The molecule has 0 radical (unpaired) electrons. The van der Waals surface area contributed by atoms with Crippen LogP contribution in [0.5, 0.6) is 0 Å². The second kappa shape index (κ2) is 9.80. The van der Waals surface area contributed by atoms with Crippen molar-refractivity contribution in [2.24, 2.45) is 5.92 Å². The number of hydrogen-bond acceptors (Lipinski definition) is 4. The first-order valence-corrected chi connectivity index (χ1v) is 10.9. The van der Waals surface area contributed by atoms with Crippen molar-refractivity contribution in [2.75, 3.05) is 16.8 Å². The van der Waals surface area contributed by atoms with E-state index in [0.29, 0.717) is 17.8 Å². The fraction of sp³-hybridized carbons (Fsp3) is 0.375. The first-order valence-electron chi connectivity index (χ1n) is 10.9. The number of ether oxygens (including phenoxy) is 1. The molecule has 2 fully saturated rings. The monoisotopic (exact) mass is 439 g/mol. The van der Waals surface area contributed by atoms with Crippen molar-refractivity contribution in [3.63, 3.8) is 0 Å². The van der Waals surface area contributed by atoms with Crippen LogP contribution in [0, 0.1) is 11.7 Å². The van der Waals surface area contributed by atoms with Gasteiger partial charge in [-0.1, -0.05) is 18.2 Å². The van der Waals surface area contributed by atoms with E-state index in [1.165, 1.54) is 29.2 Å². The average Bonchev–Trinajstić information content (AvgIpc) is 3.17. The van der Waals surface area contributed by atoms with Crippen LogP contribution in [0.15, 0.2) is 54.6 Å². The molecule has 168 valence electrons. The maximum absolute atomic E-state index is 13.2. The minimum Gasteiger partial charge on any atom is -0.446 e. The van der Waals surface area contributed by atoms with E-state index < -0.39 is 12.0 Å². The molecule has 0 spiro atoms. The van der Waals surface area contributed by atoms with Gasteiger partial charge in [0.25, 0.3) is 0 Å². The Balaban J connectivity index is 1.27. The third kappa shape index (κ3) is 5.43. The molecule has 3 atom stereocenters. The number of nitrogens with zero attached hydrogens (tertiary/aromatic N) is 1. The molecule has 3 amide bonds. The van der Waals surface area contributed by atoms with Crippen LogP contribution in [0.25, 0.3) is 0 Å². The van der Waals surface area contributed by atoms with Crippen LogP contribution in [-0.2, 0) is 14.3 Å². The lowest BCUT2D eigenvalue weighted by Crippen LogP contribution is -2.44. The molecule has 4 rings (SSSR count). The molecule has 1 aliphatic heterocycles. The third-order valence-corrected chi connectivity index (χ3v) is 5.90. The Hall–Kier alpha value is -3.42. The minimum atomic E-state index is -0.510. The van der Waals surface area contributed by atoms with Crippen LogP contribution in [0.4, 0.5) is 20.6 Å². The number of amides is 3. The molecule has 32 heavy (non-hydrogen) atoms. The molecular formula is C24H26FN3O4. The summed E-state index contributed by atoms with van der Waals surface area (Å²) in [4.78, 5) is 38.8. The van der Waals surface area contributed by atoms with Crippen molar-refractivity contribution in [1.29, 1.82) is 0 Å². The standard InChI is InChI=1S/C24H26FN3O4/c25-17-9-11-20(12-10-17)28-15-16(13-22(28)29)23(30)26-19-7-4-8-21(14-19)32-24(31)27-18-5-2-1-3-6-18/h1-3,5-6,9-12,16,19,21H,4,7-8,13-15H2,(H,26,30)(H,27,31)/t16-,19-,21+/m0/s1. The molecule has 1 saturated carbocycles. The van der Waals surface area contributed by atoms with E-state index in [9.17, 15) is 18.8 Å². The molecule has 8 heteroatoms. The van der Waals surface area contributed by atoms with Gasteiger partial charge >= 0.3 is 6.09 Å². The van der Waals surface area contributed by atoms with Crippen molar-refractivity contribution in [1.82, 2.24) is 5.32 Å². The number of rotatable bonds is 5. The van der Waals surface area contributed by atoms with Gasteiger partial charge in [-0.3, -0.25) is 14.9 Å². The topological polar surface area (TPSA) is 87.7 Å². The number of anilines is 2. The predicted octanol–water partition coefficient (Wildman–Crippen LogP) is 3.85. The zero-order valence-electron chi connectivity index (χ0n) is 17.6. The van der Waals surface area contributed by atoms with Gasteiger partial charge in [-0.15, -0.1) is 0 Å². The van der Waals surface area contributed by atoms with Gasteiger partial charge in [-0.25, -0.2) is 9.18 Å². The Morgan fingerprint density at radius 2 is 1.78 bits per heavy atom. The summed E-state index contributed by atoms with van der Waals surface area (Å²) in [6.07, 6.45) is 2.25. The third-order valence-electron chi connectivity index (χ3n) is 5.90. The first-order chi connectivity index (χ1) is 15.5. The average molecular weight is 439 g/mol. The van der Waals surface area contributed by atoms with E-state index >= 15 is 0 Å². The van der Waals surface area contributed by atoms with Crippen LogP contribution in [0.2, 0.25) is 0 Å². The highest BCUT2D eigenvalue weighted by Crippen LogP contribution is 2.27. The maximum atomic E-state index is 13.2. The second-order valence-electron chi connectivity index (χ2n) is 8.27. The number of carbonyl (C=O) groups excluding carboxylic acids is 3. The Morgan fingerprint density at radius 1 is 1.03 bits per heavy atom. The Kier molecular flexibility index (Phi) is 6.68. The van der Waals surface area contributed by atoms with Crippen LogP contribution in [-0.4, -0.2) is 36.6 Å². The highest BCUT2D eigenvalue weighted by atomic mass is 19.1. The maximum Gasteiger partial charge on any atom is 0.411 e. The molecule has 2 aliphatic rings. The smallest absolute Gasteiger partial charge is 0.411 e. The molecule has 2 aromatic carbocycles. The molecule has 2 aromatic rings. The lowest BCUT2D eigenvalue weighted by molar-refractivity contribution is -0.127. The van der Waals surface area contributed by atoms with Crippen molar-refractivity contribution < 1.29 is 23.5 Å². The molecule has 1 saturated heterocycles. The predicted molar refractivity (Wildman–Crippen MR) is 118 cm³/mol. The van der Waals surface area contributed by atoms with Gasteiger partial charge in [0.2, 0.25) is 11.8 Å². The van der Waals surface area contributed by atoms with E-state index in [1.54, 1.807) is 12.1 Å². The summed E-state index contributed by atoms with van der Waals surface area (Å²) >= 11 is 0. The molecule has 0 bridgehead atoms. The number of nitrogens with one attached hydrogen (secondary N) is 2. The highest BCUT2D eigenvalue weighted by Gasteiger charge is 2.36. The van der Waals surface area contributed by atoms with Gasteiger partial charge < -0.3 is 15.0 Å². The van der Waals surface area contributed by atoms with E-state index in [4.69, 9.17) is 4.74 Å². The van der Waals surface area contributed by atoms with Crippen LogP contribution < -0.4 is 15.5 Å². The SMILES string of the molecule is O=C(Nc1ccccc1)O[C@@H]1CCC[C@H](NC(=O)[C@H]2CC(=O)N(c3ccc(F)cc3)C2)C1. The summed E-state index contributed by atoms with van der Waals surface area (Å²) in [6.45, 7) is 0.266. The summed E-state index contributed by atoms with van der Waals surface area (Å²) < 4.78 is 18.7. The normalized spacial score (nSPS) is 23.0. The van der Waals surface area contributed by atoms with Gasteiger partial charge in [0.15, 0.2) is 0 Å². The van der Waals surface area contributed by atoms with E-state index in [-0.39, 0.29) is 42.7 Å². The molecule has 2 N–H and O–H groups in total. The Bertz CT molecular complexity index is 967. The Morgan fingerprint density at radius 3 is 2.53 bits per heavy atom. The first kappa shape index (κ1) is 21.8. The molecule has 1 heterocycles. The number of benzene rings is 2. The second-order valence-corrected chi connectivity index (χ2v) is 8.27. The van der Waals surface area contributed by atoms with Crippen LogP contribution in [0.3, 0.4) is 0 Å². The summed E-state index contributed by atoms with van der Waals surface area (Å²) in [6, 6.07) is 14.6. The molecular weight excluding hydrogens is 413 g/mol. The van der Waals surface area contributed by atoms with Crippen molar-refractivity contribution in [3.8, 4) is 0 Å². The van der Waals surface area contributed by atoms with E-state index in [0.717, 1.165) is 19.3 Å². The zero-order chi connectivity index (χ0) is 22.5. The van der Waals surface area contributed by atoms with Gasteiger partial charge in [0, 0.05) is 36.8 Å². The van der Waals surface area contributed by atoms with Crippen molar-refractivity contribution >= 4 is 29.3 Å². The fourth-order valence-corrected chi connectivity index (χ4v) is 4.28. The fourth-order valence-electron chi connectivity index (χ4n) is 4.28. The van der Waals surface area contributed by atoms with Crippen molar-refractivity contribution in [3.05, 3.63) is 60.4 Å². The van der Waals surface area contributed by atoms with Crippen LogP contribution in [0.1, 0.15) is 32.1 Å². The van der Waals surface area contributed by atoms with Gasteiger partial charge in [0.1, 0.15) is 11.9 Å². The number of para-hydroxylation sites is 1.